The Balaban J connectivity index is 0.00000456. The second-order valence-corrected chi connectivity index (χ2v) is 10.2. The summed E-state index contributed by atoms with van der Waals surface area (Å²) in [5, 5.41) is 12.4. The monoisotopic (exact) mass is 523 g/mol. The number of hydrogen-bond acceptors (Lipinski definition) is 5. The number of aryl methyl sites for hydroxylation is 1. The Hall–Kier alpha value is -2.32. The zero-order chi connectivity index (χ0) is 25.8. The summed E-state index contributed by atoms with van der Waals surface area (Å²) in [7, 11) is 0. The number of aliphatic hydroxyl groups is 1. The van der Waals surface area contributed by atoms with E-state index in [0.717, 1.165) is 31.2 Å². The van der Waals surface area contributed by atoms with Crippen molar-refractivity contribution in [2.24, 2.45) is 0 Å². The number of amides is 3. The Morgan fingerprint density at radius 3 is 2.50 bits per heavy atom. The lowest BCUT2D eigenvalue weighted by Gasteiger charge is -2.41. The molecule has 3 rings (SSSR count). The summed E-state index contributed by atoms with van der Waals surface area (Å²) in [5.41, 5.74) is 0.654. The van der Waals surface area contributed by atoms with E-state index in [4.69, 9.17) is 4.74 Å². The molecule has 1 unspecified atom stereocenters. The van der Waals surface area contributed by atoms with Crippen molar-refractivity contribution < 1.29 is 24.2 Å². The third-order valence-corrected chi connectivity index (χ3v) is 7.19. The molecule has 36 heavy (non-hydrogen) atoms. The maximum Gasteiger partial charge on any atom is 0.271 e. The van der Waals surface area contributed by atoms with Crippen LogP contribution in [0.4, 0.5) is 5.69 Å². The number of anilines is 1. The number of carbonyl (C=O) groups excluding carboxylic acids is 3. The van der Waals surface area contributed by atoms with Crippen LogP contribution in [-0.2, 0) is 9.59 Å². The summed E-state index contributed by atoms with van der Waals surface area (Å²) in [6.07, 6.45) is 6.01. The van der Waals surface area contributed by atoms with Crippen LogP contribution in [-0.4, -0.2) is 65.1 Å². The molecular weight excluding hydrogens is 482 g/mol. The van der Waals surface area contributed by atoms with E-state index in [-0.39, 0.29) is 68.3 Å². The second-order valence-electron chi connectivity index (χ2n) is 10.2. The number of carbonyl (C=O) groups is 3. The molecule has 3 amide bonds. The van der Waals surface area contributed by atoms with E-state index in [1.54, 1.807) is 24.8 Å². The molecule has 202 valence electrons. The molecule has 1 aromatic rings. The molecule has 2 aliphatic rings. The summed E-state index contributed by atoms with van der Waals surface area (Å²) in [4.78, 5) is 42.7. The first kappa shape index (κ1) is 29.9. The summed E-state index contributed by atoms with van der Waals surface area (Å²) in [6.45, 7) is 9.77. The number of nitrogens with zero attached hydrogens (tertiary/aromatic N) is 2. The summed E-state index contributed by atoms with van der Waals surface area (Å²) < 4.78 is 6.13. The SMILES string of the molecule is CCC(=O)NCCN1C(=O)C(C)(CCO)Oc2cc(C)c(C(=O)N(C(C)C)C3CCCCC3)cc21.Cl. The molecule has 1 saturated carbocycles. The van der Waals surface area contributed by atoms with Crippen molar-refractivity contribution in [2.45, 2.75) is 97.2 Å². The Labute approximate surface area is 221 Å². The van der Waals surface area contributed by atoms with Gasteiger partial charge in [0.2, 0.25) is 5.91 Å². The van der Waals surface area contributed by atoms with Crippen LogP contribution in [0.25, 0.3) is 0 Å². The molecule has 0 saturated heterocycles. The van der Waals surface area contributed by atoms with E-state index in [1.165, 1.54) is 6.42 Å². The Bertz CT molecular complexity index is 948. The maximum absolute atomic E-state index is 13.8. The lowest BCUT2D eigenvalue weighted by Crippen LogP contribution is -2.56. The molecule has 1 heterocycles. The molecule has 1 aliphatic carbocycles. The Morgan fingerprint density at radius 1 is 1.25 bits per heavy atom. The minimum Gasteiger partial charge on any atom is -0.475 e. The van der Waals surface area contributed by atoms with Gasteiger partial charge in [0, 0.05) is 50.2 Å². The van der Waals surface area contributed by atoms with Crippen LogP contribution in [0.1, 0.15) is 88.6 Å². The fourth-order valence-corrected chi connectivity index (χ4v) is 5.22. The van der Waals surface area contributed by atoms with E-state index in [9.17, 15) is 19.5 Å². The van der Waals surface area contributed by atoms with E-state index in [1.807, 2.05) is 17.9 Å². The number of aliphatic hydroxyl groups excluding tert-OH is 1. The van der Waals surface area contributed by atoms with Gasteiger partial charge < -0.3 is 25.0 Å². The molecule has 1 aromatic carbocycles. The number of fused-ring (bicyclic) bond motifs is 1. The number of hydrogen-bond donors (Lipinski definition) is 2. The van der Waals surface area contributed by atoms with Gasteiger partial charge in [-0.3, -0.25) is 14.4 Å². The van der Waals surface area contributed by atoms with Crippen molar-refractivity contribution in [1.82, 2.24) is 10.2 Å². The van der Waals surface area contributed by atoms with Gasteiger partial charge in [0.15, 0.2) is 5.60 Å². The van der Waals surface area contributed by atoms with E-state index < -0.39 is 5.60 Å². The summed E-state index contributed by atoms with van der Waals surface area (Å²) >= 11 is 0. The van der Waals surface area contributed by atoms with Crippen molar-refractivity contribution in [3.05, 3.63) is 23.3 Å². The topological polar surface area (TPSA) is 99.2 Å². The number of rotatable bonds is 9. The number of nitrogens with one attached hydrogen (secondary N) is 1. The molecule has 2 N–H and O–H groups in total. The van der Waals surface area contributed by atoms with Gasteiger partial charge in [0.25, 0.3) is 11.8 Å². The number of halogens is 1. The highest BCUT2D eigenvalue weighted by molar-refractivity contribution is 6.05. The molecule has 0 bridgehead atoms. The van der Waals surface area contributed by atoms with Crippen LogP contribution in [0.15, 0.2) is 12.1 Å². The van der Waals surface area contributed by atoms with Gasteiger partial charge in [-0.25, -0.2) is 0 Å². The summed E-state index contributed by atoms with van der Waals surface area (Å²) in [5.74, 6) is 0.0942. The molecule has 0 aromatic heterocycles. The van der Waals surface area contributed by atoms with Crippen LogP contribution in [0, 0.1) is 6.92 Å². The summed E-state index contributed by atoms with van der Waals surface area (Å²) in [6, 6.07) is 3.87. The average molecular weight is 524 g/mol. The molecular formula is C27H42ClN3O5. The van der Waals surface area contributed by atoms with Gasteiger partial charge in [0.05, 0.1) is 5.69 Å². The number of ether oxygens (including phenoxy) is 1. The molecule has 1 atom stereocenters. The van der Waals surface area contributed by atoms with E-state index >= 15 is 0 Å². The van der Waals surface area contributed by atoms with E-state index in [2.05, 4.69) is 19.2 Å². The molecule has 8 nitrogen and oxygen atoms in total. The van der Waals surface area contributed by atoms with Crippen LogP contribution in [0.2, 0.25) is 0 Å². The fraction of sp³-hybridized carbons (Fsp3) is 0.667. The fourth-order valence-electron chi connectivity index (χ4n) is 5.22. The Morgan fingerprint density at radius 2 is 1.92 bits per heavy atom. The first-order chi connectivity index (χ1) is 16.6. The van der Waals surface area contributed by atoms with Crippen LogP contribution in [0.3, 0.4) is 0 Å². The standard InChI is InChI=1S/C27H41N3O5.ClH/c1-6-24(32)28-13-14-29-22-17-21(25(33)30(18(2)3)20-10-8-7-9-11-20)19(4)16-23(22)35-27(5,12-15-31)26(29)34;/h16-18,20,31H,6-15H2,1-5H3,(H,28,32);1H. The normalized spacial score (nSPS) is 19.9. The predicted octanol–water partition coefficient (Wildman–Crippen LogP) is 3.99. The molecule has 1 aliphatic heterocycles. The lowest BCUT2D eigenvalue weighted by atomic mass is 9.92. The van der Waals surface area contributed by atoms with Gasteiger partial charge in [0.1, 0.15) is 5.75 Å². The molecule has 0 spiro atoms. The highest BCUT2D eigenvalue weighted by atomic mass is 35.5. The highest BCUT2D eigenvalue weighted by Gasteiger charge is 2.45. The second kappa shape index (κ2) is 12.8. The third kappa shape index (κ3) is 6.32. The quantitative estimate of drug-likeness (QED) is 0.510. The first-order valence-corrected chi connectivity index (χ1v) is 13.0. The van der Waals surface area contributed by atoms with Gasteiger partial charge in [-0.15, -0.1) is 12.4 Å². The minimum absolute atomic E-state index is 0. The third-order valence-electron chi connectivity index (χ3n) is 7.19. The minimum atomic E-state index is -1.22. The van der Waals surface area contributed by atoms with E-state index in [0.29, 0.717) is 23.4 Å². The average Bonchev–Trinajstić information content (AvgIpc) is 2.81. The van der Waals surface area contributed by atoms with Crippen molar-refractivity contribution in [1.29, 1.82) is 0 Å². The lowest BCUT2D eigenvalue weighted by molar-refractivity contribution is -0.135. The van der Waals surface area contributed by atoms with Crippen molar-refractivity contribution in [2.75, 3.05) is 24.6 Å². The smallest absolute Gasteiger partial charge is 0.271 e. The molecule has 1 fully saturated rings. The van der Waals surface area contributed by atoms with Gasteiger partial charge in [-0.1, -0.05) is 26.2 Å². The van der Waals surface area contributed by atoms with Gasteiger partial charge >= 0.3 is 0 Å². The maximum atomic E-state index is 13.8. The van der Waals surface area contributed by atoms with Crippen molar-refractivity contribution >= 4 is 35.8 Å². The van der Waals surface area contributed by atoms with Crippen molar-refractivity contribution in [3.8, 4) is 5.75 Å². The van der Waals surface area contributed by atoms with Gasteiger partial charge in [-0.2, -0.15) is 0 Å². The van der Waals surface area contributed by atoms with Crippen LogP contribution >= 0.6 is 12.4 Å². The molecule has 9 heteroatoms. The number of benzene rings is 1. The molecule has 0 radical (unpaired) electrons. The Kier molecular flexibility index (Phi) is 10.6. The first-order valence-electron chi connectivity index (χ1n) is 13.0. The predicted molar refractivity (Wildman–Crippen MR) is 143 cm³/mol. The van der Waals surface area contributed by atoms with Crippen LogP contribution in [0.5, 0.6) is 5.75 Å². The zero-order valence-corrected chi connectivity index (χ0v) is 23.1. The largest absolute Gasteiger partial charge is 0.475 e. The van der Waals surface area contributed by atoms with Gasteiger partial charge in [-0.05, 0) is 58.2 Å². The van der Waals surface area contributed by atoms with Crippen molar-refractivity contribution in [3.63, 3.8) is 0 Å². The zero-order valence-electron chi connectivity index (χ0n) is 22.3. The van der Waals surface area contributed by atoms with Crippen LogP contribution < -0.4 is 15.0 Å². The highest BCUT2D eigenvalue weighted by Crippen LogP contribution is 2.41.